The van der Waals surface area contributed by atoms with Gasteiger partial charge in [0.1, 0.15) is 0 Å². The molecule has 3 fully saturated rings. The zero-order chi connectivity index (χ0) is 21.7. The standard InChI is InChI=1S/C28H47IO/c1-18(2)7-6-8-19(3)23-9-10-24-22-15-20(17-29)26-16-21(30)11-13-28(26,5)25(22)12-14-27(23,24)4/h18-19,21-25,30H,6-17H2,1-5H3. The SMILES string of the molecule is CC(C)CCCC(C)C1CCC2C3CC(CI)=C4CC(O)CCC4(C)C3CCC12C. The third-order valence-electron chi connectivity index (χ3n) is 10.7. The molecule has 3 saturated carbocycles. The summed E-state index contributed by atoms with van der Waals surface area (Å²) in [6.07, 6.45) is 14.6. The largest absolute Gasteiger partial charge is 0.393 e. The maximum absolute atomic E-state index is 10.4. The highest BCUT2D eigenvalue weighted by Gasteiger charge is 2.59. The van der Waals surface area contributed by atoms with Gasteiger partial charge in [-0.2, -0.15) is 0 Å². The molecule has 8 unspecified atom stereocenters. The van der Waals surface area contributed by atoms with E-state index in [4.69, 9.17) is 0 Å². The van der Waals surface area contributed by atoms with E-state index in [0.717, 1.165) is 48.3 Å². The molecule has 4 rings (SSSR count). The molecule has 1 N–H and O–H groups in total. The van der Waals surface area contributed by atoms with Gasteiger partial charge in [-0.3, -0.25) is 0 Å². The molecule has 0 aliphatic heterocycles. The normalized spacial score (nSPS) is 44.6. The lowest BCUT2D eigenvalue weighted by Gasteiger charge is -2.59. The fourth-order valence-electron chi connectivity index (χ4n) is 9.08. The molecular weight excluding hydrogens is 479 g/mol. The number of aliphatic hydroxyl groups excluding tert-OH is 1. The summed E-state index contributed by atoms with van der Waals surface area (Å²) in [6.45, 7) is 12.6. The summed E-state index contributed by atoms with van der Waals surface area (Å²) in [5, 5.41) is 10.4. The molecule has 0 heterocycles. The monoisotopic (exact) mass is 526 g/mol. The van der Waals surface area contributed by atoms with Gasteiger partial charge in [0, 0.05) is 4.43 Å². The summed E-state index contributed by atoms with van der Waals surface area (Å²) in [6, 6.07) is 0. The third kappa shape index (κ3) is 3.97. The predicted octanol–water partition coefficient (Wildman–Crippen LogP) is 8.19. The van der Waals surface area contributed by atoms with Crippen molar-refractivity contribution < 1.29 is 5.11 Å². The van der Waals surface area contributed by atoms with Crippen LogP contribution >= 0.6 is 22.6 Å². The maximum Gasteiger partial charge on any atom is 0.0578 e. The quantitative estimate of drug-likeness (QED) is 0.210. The first kappa shape index (κ1) is 23.6. The average molecular weight is 527 g/mol. The van der Waals surface area contributed by atoms with Gasteiger partial charge in [-0.1, -0.05) is 87.6 Å². The van der Waals surface area contributed by atoms with Crippen molar-refractivity contribution >= 4 is 22.6 Å². The molecule has 0 radical (unpaired) electrons. The molecule has 8 atom stereocenters. The van der Waals surface area contributed by atoms with E-state index in [1.54, 1.807) is 11.1 Å². The van der Waals surface area contributed by atoms with E-state index in [2.05, 4.69) is 57.2 Å². The Balaban J connectivity index is 1.55. The van der Waals surface area contributed by atoms with Gasteiger partial charge in [0.15, 0.2) is 0 Å². The van der Waals surface area contributed by atoms with Crippen LogP contribution in [0.4, 0.5) is 0 Å². The molecule has 0 amide bonds. The van der Waals surface area contributed by atoms with Crippen molar-refractivity contribution in [2.45, 2.75) is 111 Å². The zero-order valence-electron chi connectivity index (χ0n) is 20.4. The summed E-state index contributed by atoms with van der Waals surface area (Å²) in [4.78, 5) is 0. The molecule has 0 saturated heterocycles. The first-order valence-corrected chi connectivity index (χ1v) is 14.7. The number of allylic oxidation sites excluding steroid dienone is 1. The fourth-order valence-corrected chi connectivity index (χ4v) is 9.85. The van der Waals surface area contributed by atoms with E-state index in [1.807, 2.05) is 0 Å². The third-order valence-corrected chi connectivity index (χ3v) is 11.6. The topological polar surface area (TPSA) is 20.2 Å². The minimum atomic E-state index is -0.0843. The van der Waals surface area contributed by atoms with Crippen LogP contribution < -0.4 is 0 Å². The minimum absolute atomic E-state index is 0.0843. The zero-order valence-corrected chi connectivity index (χ0v) is 22.5. The van der Waals surface area contributed by atoms with Crippen molar-refractivity contribution in [2.24, 2.45) is 46.3 Å². The van der Waals surface area contributed by atoms with Crippen LogP contribution in [0.15, 0.2) is 11.1 Å². The molecular formula is C28H47IO. The van der Waals surface area contributed by atoms with Crippen LogP contribution in [0.1, 0.15) is 105 Å². The van der Waals surface area contributed by atoms with Crippen molar-refractivity contribution in [3.63, 3.8) is 0 Å². The minimum Gasteiger partial charge on any atom is -0.393 e. The van der Waals surface area contributed by atoms with E-state index in [0.29, 0.717) is 10.8 Å². The Labute approximate surface area is 200 Å². The molecule has 4 aliphatic rings. The molecule has 2 heteroatoms. The molecule has 30 heavy (non-hydrogen) atoms. The number of hydrogen-bond acceptors (Lipinski definition) is 1. The number of halogens is 1. The Morgan fingerprint density at radius 3 is 2.43 bits per heavy atom. The van der Waals surface area contributed by atoms with Crippen LogP contribution in [0.25, 0.3) is 0 Å². The van der Waals surface area contributed by atoms with Crippen LogP contribution in [-0.2, 0) is 0 Å². The van der Waals surface area contributed by atoms with Crippen molar-refractivity contribution in [3.8, 4) is 0 Å². The Morgan fingerprint density at radius 2 is 1.73 bits per heavy atom. The molecule has 0 spiro atoms. The summed E-state index contributed by atoms with van der Waals surface area (Å²) in [5.74, 6) is 5.42. The molecule has 0 aromatic heterocycles. The Morgan fingerprint density at radius 1 is 0.967 bits per heavy atom. The van der Waals surface area contributed by atoms with Crippen LogP contribution in [0.5, 0.6) is 0 Å². The number of rotatable bonds is 6. The van der Waals surface area contributed by atoms with Gasteiger partial charge in [0.25, 0.3) is 0 Å². The first-order valence-electron chi connectivity index (χ1n) is 13.2. The number of aliphatic hydroxyl groups is 1. The van der Waals surface area contributed by atoms with Gasteiger partial charge in [-0.05, 0) is 97.7 Å². The van der Waals surface area contributed by atoms with Gasteiger partial charge in [0.2, 0.25) is 0 Å². The van der Waals surface area contributed by atoms with Crippen molar-refractivity contribution in [1.29, 1.82) is 0 Å². The van der Waals surface area contributed by atoms with E-state index < -0.39 is 0 Å². The van der Waals surface area contributed by atoms with E-state index >= 15 is 0 Å². The molecule has 172 valence electrons. The van der Waals surface area contributed by atoms with Gasteiger partial charge >= 0.3 is 0 Å². The second kappa shape index (κ2) is 8.99. The second-order valence-corrected chi connectivity index (χ2v) is 13.4. The van der Waals surface area contributed by atoms with Gasteiger partial charge in [-0.15, -0.1) is 0 Å². The molecule has 4 aliphatic carbocycles. The molecule has 0 bridgehead atoms. The lowest BCUT2D eigenvalue weighted by atomic mass is 9.46. The Kier molecular flexibility index (Phi) is 7.07. The maximum atomic E-state index is 10.4. The van der Waals surface area contributed by atoms with Crippen LogP contribution in [0.3, 0.4) is 0 Å². The Bertz CT molecular complexity index is 653. The number of hydrogen-bond donors (Lipinski definition) is 1. The van der Waals surface area contributed by atoms with Crippen LogP contribution in [0.2, 0.25) is 0 Å². The molecule has 0 aromatic rings. The van der Waals surface area contributed by atoms with Gasteiger partial charge in [-0.25, -0.2) is 0 Å². The summed E-state index contributed by atoms with van der Waals surface area (Å²) < 4.78 is 1.18. The van der Waals surface area contributed by atoms with E-state index in [-0.39, 0.29) is 6.10 Å². The van der Waals surface area contributed by atoms with E-state index in [1.165, 1.54) is 62.2 Å². The number of fused-ring (bicyclic) bond motifs is 5. The lowest BCUT2D eigenvalue weighted by Crippen LogP contribution is -2.51. The van der Waals surface area contributed by atoms with Crippen LogP contribution in [0, 0.1) is 46.3 Å². The van der Waals surface area contributed by atoms with Gasteiger partial charge < -0.3 is 5.11 Å². The average Bonchev–Trinajstić information content (AvgIpc) is 3.05. The molecule has 1 nitrogen and oxygen atoms in total. The first-order chi connectivity index (χ1) is 14.2. The smallest absolute Gasteiger partial charge is 0.0578 e. The number of alkyl halides is 1. The van der Waals surface area contributed by atoms with Crippen molar-refractivity contribution in [3.05, 3.63) is 11.1 Å². The summed E-state index contributed by atoms with van der Waals surface area (Å²) >= 11 is 2.61. The van der Waals surface area contributed by atoms with Crippen molar-refractivity contribution in [2.75, 3.05) is 4.43 Å². The van der Waals surface area contributed by atoms with Crippen molar-refractivity contribution in [1.82, 2.24) is 0 Å². The summed E-state index contributed by atoms with van der Waals surface area (Å²) in [5.41, 5.74) is 4.38. The Hall–Kier alpha value is 0.430. The fraction of sp³-hybridized carbons (Fsp3) is 0.929. The highest BCUT2D eigenvalue weighted by atomic mass is 127. The van der Waals surface area contributed by atoms with Crippen LogP contribution in [-0.4, -0.2) is 15.6 Å². The van der Waals surface area contributed by atoms with Gasteiger partial charge in [0.05, 0.1) is 6.10 Å². The lowest BCUT2D eigenvalue weighted by molar-refractivity contribution is -0.0594. The summed E-state index contributed by atoms with van der Waals surface area (Å²) in [7, 11) is 0. The highest BCUT2D eigenvalue weighted by Crippen LogP contribution is 2.68. The second-order valence-electron chi connectivity index (χ2n) is 12.6. The molecule has 0 aromatic carbocycles. The van der Waals surface area contributed by atoms with E-state index in [9.17, 15) is 5.11 Å². The highest BCUT2D eigenvalue weighted by molar-refractivity contribution is 14.1. The predicted molar refractivity (Wildman–Crippen MR) is 137 cm³/mol.